The maximum Gasteiger partial charge on any atom is 0.242 e. The number of aliphatic imine (C=N–C) groups is 1. The number of para-hydroxylation sites is 1. The van der Waals surface area contributed by atoms with Gasteiger partial charge in [0.2, 0.25) is 16.7 Å². The average Bonchev–Trinajstić information content (AvgIpc) is 3.12. The van der Waals surface area contributed by atoms with Gasteiger partial charge in [-0.3, -0.25) is 0 Å². The molecular weight excluding hydrogens is 639 g/mol. The largest absolute Gasteiger partial charge is 0.398 e. The van der Waals surface area contributed by atoms with E-state index in [-0.39, 0.29) is 0 Å². The predicted octanol–water partition coefficient (Wildman–Crippen LogP) is 10.2. The number of allylic oxidation sites excluding steroid dienone is 4. The van der Waals surface area contributed by atoms with Gasteiger partial charge in [-0.25, -0.2) is 9.98 Å². The van der Waals surface area contributed by atoms with Gasteiger partial charge in [-0.15, -0.1) is 4.57 Å². The Hall–Kier alpha value is -5.43. The van der Waals surface area contributed by atoms with E-state index in [4.69, 9.17) is 21.4 Å². The Kier molecular flexibility index (Phi) is 11.4. The molecule has 0 saturated carbocycles. The molecule has 268 valence electrons. The van der Waals surface area contributed by atoms with Crippen LogP contribution in [-0.4, -0.2) is 23.8 Å². The Morgan fingerprint density at radius 3 is 2.08 bits per heavy atom. The maximum absolute atomic E-state index is 6.39. The van der Waals surface area contributed by atoms with E-state index in [0.29, 0.717) is 0 Å². The minimum atomic E-state index is 0.754. The Bertz CT molecular complexity index is 2210. The Morgan fingerprint density at radius 1 is 0.692 bits per heavy atom. The molecule has 0 radical (unpaired) electrons. The number of nitrogen functional groups attached to an aromatic ring is 1. The van der Waals surface area contributed by atoms with Crippen LogP contribution in [0.3, 0.4) is 0 Å². The van der Waals surface area contributed by atoms with Crippen LogP contribution in [0.25, 0.3) is 27.8 Å². The summed E-state index contributed by atoms with van der Waals surface area (Å²) in [5, 5.41) is 7.39. The summed E-state index contributed by atoms with van der Waals surface area (Å²) in [6.07, 6.45) is 12.5. The third kappa shape index (κ3) is 8.20. The topological polar surface area (TPSA) is 105 Å². The number of rotatable bonds is 14. The highest BCUT2D eigenvalue weighted by atomic mass is 15.0. The van der Waals surface area contributed by atoms with E-state index in [1.165, 1.54) is 55.3 Å². The number of nitrogens with one attached hydrogen (secondary N) is 2. The molecule has 0 amide bonds. The number of nitrogens with two attached hydrogens (primary N) is 2. The van der Waals surface area contributed by atoms with Gasteiger partial charge in [-0.05, 0) is 118 Å². The highest BCUT2D eigenvalue weighted by Gasteiger charge is 2.23. The molecule has 0 unspecified atom stereocenters. The number of hydrogen-bond donors (Lipinski definition) is 4. The molecule has 7 heteroatoms. The summed E-state index contributed by atoms with van der Waals surface area (Å²) in [4.78, 5) is 9.95. The molecule has 0 fully saturated rings. The molecule has 0 bridgehead atoms. The highest BCUT2D eigenvalue weighted by Crippen LogP contribution is 2.30. The van der Waals surface area contributed by atoms with Gasteiger partial charge in [0.05, 0.1) is 11.4 Å². The fourth-order valence-corrected chi connectivity index (χ4v) is 6.99. The second kappa shape index (κ2) is 16.3. The molecule has 0 atom stereocenters. The number of aromatic nitrogens is 2. The molecule has 1 aliphatic rings. The number of nitrogens with zero attached hydrogens (tertiary/aromatic N) is 3. The van der Waals surface area contributed by atoms with Crippen molar-refractivity contribution in [3.8, 4) is 5.69 Å². The first kappa shape index (κ1) is 36.4. The monoisotopic (exact) mass is 692 g/mol. The molecule has 1 aliphatic carbocycles. The van der Waals surface area contributed by atoms with Crippen molar-refractivity contribution in [1.82, 2.24) is 4.98 Å². The molecule has 6 rings (SSSR count). The summed E-state index contributed by atoms with van der Waals surface area (Å²) in [7, 11) is 0. The van der Waals surface area contributed by atoms with E-state index in [1.807, 2.05) is 26.0 Å². The first-order valence-corrected chi connectivity index (χ1v) is 18.7. The fourth-order valence-electron chi connectivity index (χ4n) is 6.99. The maximum atomic E-state index is 6.39. The molecule has 1 aromatic heterocycles. The number of anilines is 3. The van der Waals surface area contributed by atoms with Crippen molar-refractivity contribution in [2.24, 2.45) is 10.7 Å². The minimum Gasteiger partial charge on any atom is -0.398 e. The van der Waals surface area contributed by atoms with Crippen LogP contribution < -0.4 is 26.7 Å². The zero-order chi connectivity index (χ0) is 36.8. The molecular formula is C45H54N7+. The lowest BCUT2D eigenvalue weighted by atomic mass is 9.99. The second-order valence-corrected chi connectivity index (χ2v) is 14.3. The molecule has 7 nitrogen and oxygen atoms in total. The lowest BCUT2D eigenvalue weighted by Gasteiger charge is -2.15. The number of benzene rings is 4. The zero-order valence-corrected chi connectivity index (χ0v) is 31.6. The van der Waals surface area contributed by atoms with Crippen LogP contribution in [0, 0.1) is 27.7 Å². The van der Waals surface area contributed by atoms with Crippen molar-refractivity contribution < 1.29 is 4.57 Å². The minimum absolute atomic E-state index is 0.754. The van der Waals surface area contributed by atoms with Gasteiger partial charge in [-0.2, -0.15) is 0 Å². The Labute approximate surface area is 309 Å². The molecule has 1 heterocycles. The van der Waals surface area contributed by atoms with Crippen LogP contribution in [0.4, 0.5) is 22.7 Å². The number of unbranched alkanes of at least 4 members (excludes halogenated alkanes) is 6. The van der Waals surface area contributed by atoms with Gasteiger partial charge in [0.25, 0.3) is 0 Å². The van der Waals surface area contributed by atoms with Gasteiger partial charge < -0.3 is 22.1 Å². The van der Waals surface area contributed by atoms with Crippen LogP contribution in [-0.2, 0) is 0 Å². The van der Waals surface area contributed by atoms with E-state index >= 15 is 0 Å². The van der Waals surface area contributed by atoms with Gasteiger partial charge in [0.15, 0.2) is 0 Å². The molecule has 52 heavy (non-hydrogen) atoms. The Morgan fingerprint density at radius 2 is 1.37 bits per heavy atom. The summed E-state index contributed by atoms with van der Waals surface area (Å²) in [6, 6.07) is 23.3. The van der Waals surface area contributed by atoms with Gasteiger partial charge in [0, 0.05) is 59.6 Å². The lowest BCUT2D eigenvalue weighted by molar-refractivity contribution is -0.538. The van der Waals surface area contributed by atoms with E-state index in [2.05, 4.69) is 109 Å². The number of aryl methyl sites for hydroxylation is 4. The quantitative estimate of drug-likeness (QED) is 0.0401. The van der Waals surface area contributed by atoms with Crippen LogP contribution in [0.2, 0.25) is 0 Å². The van der Waals surface area contributed by atoms with Crippen molar-refractivity contribution in [1.29, 1.82) is 0 Å². The normalized spacial score (nSPS) is 13.9. The van der Waals surface area contributed by atoms with Crippen molar-refractivity contribution in [2.45, 2.75) is 79.6 Å². The summed E-state index contributed by atoms with van der Waals surface area (Å²) >= 11 is 0. The summed E-state index contributed by atoms with van der Waals surface area (Å²) in [5.74, 6) is 0. The van der Waals surface area contributed by atoms with Crippen molar-refractivity contribution in [2.75, 3.05) is 29.5 Å². The SMILES string of the molecule is C=C1C=C(N)C(C)=C/C1=N/c1cc(C)c(NCCCCCCCCCNc2ccc3nc4cc(C)c(N)cc4[n+](-c4ccccc4)c3c2C)cc1C. The average molecular weight is 693 g/mol. The third-order valence-corrected chi connectivity index (χ3v) is 10.2. The molecule has 4 aromatic carbocycles. The van der Waals surface area contributed by atoms with Crippen LogP contribution in [0.5, 0.6) is 0 Å². The van der Waals surface area contributed by atoms with Gasteiger partial charge in [-0.1, -0.05) is 56.9 Å². The van der Waals surface area contributed by atoms with Crippen LogP contribution in [0.15, 0.2) is 107 Å². The second-order valence-electron chi connectivity index (χ2n) is 14.3. The smallest absolute Gasteiger partial charge is 0.242 e. The standard InChI is InChI=1S/C45H53N7/c1-29-24-41(31(3)23-36(29)46)51-42-27-32(4)40(26-33(42)5)49-22-16-11-9-7-8-10-15-21-48-38-19-20-39-45(34(38)6)52(35-17-13-12-14-18-35)44-28-37(47)30(2)25-43(44)50-39/h12-14,17-20,23-28,49H,3,7-11,15-16,21-22,46H2,1-2,4-6H3,(H2,47,48)/p+1/b51-41-. The van der Waals surface area contributed by atoms with Gasteiger partial charge in [0.1, 0.15) is 11.0 Å². The van der Waals surface area contributed by atoms with Crippen molar-refractivity contribution >= 4 is 50.5 Å². The van der Waals surface area contributed by atoms with E-state index < -0.39 is 0 Å². The number of hydrogen-bond acceptors (Lipinski definition) is 6. The molecule has 6 N–H and O–H groups in total. The first-order valence-electron chi connectivity index (χ1n) is 18.7. The molecule has 0 saturated heterocycles. The molecule has 0 spiro atoms. The summed E-state index contributed by atoms with van der Waals surface area (Å²) in [6.45, 7) is 16.6. The van der Waals surface area contributed by atoms with Gasteiger partial charge >= 0.3 is 0 Å². The Balaban J connectivity index is 0.949. The van der Waals surface area contributed by atoms with E-state index in [9.17, 15) is 0 Å². The van der Waals surface area contributed by atoms with Crippen LogP contribution >= 0.6 is 0 Å². The first-order chi connectivity index (χ1) is 25.1. The van der Waals surface area contributed by atoms with Crippen molar-refractivity contribution in [3.05, 3.63) is 125 Å². The summed E-state index contributed by atoms with van der Waals surface area (Å²) < 4.78 is 2.31. The highest BCUT2D eigenvalue weighted by molar-refractivity contribution is 6.13. The summed E-state index contributed by atoms with van der Waals surface area (Å²) in [5.41, 5.74) is 29.8. The fraction of sp³-hybridized carbons (Fsp3) is 0.311. The van der Waals surface area contributed by atoms with Crippen LogP contribution in [0.1, 0.15) is 74.1 Å². The van der Waals surface area contributed by atoms with E-state index in [1.54, 1.807) is 0 Å². The molecule has 0 aliphatic heterocycles. The predicted molar refractivity (Wildman–Crippen MR) is 222 cm³/mol. The van der Waals surface area contributed by atoms with E-state index in [0.717, 1.165) is 98.0 Å². The van der Waals surface area contributed by atoms with Crippen molar-refractivity contribution in [3.63, 3.8) is 0 Å². The zero-order valence-electron chi connectivity index (χ0n) is 31.6. The molecule has 5 aromatic rings. The lowest BCUT2D eigenvalue weighted by Crippen LogP contribution is -2.34. The third-order valence-electron chi connectivity index (χ3n) is 10.2. The number of fused-ring (bicyclic) bond motifs is 2.